The summed E-state index contributed by atoms with van der Waals surface area (Å²) in [7, 11) is 1.78. The molecule has 0 spiro atoms. The maximum atomic E-state index is 12.6. The number of benzene rings is 1. The maximum absolute atomic E-state index is 12.6. The zero-order valence-electron chi connectivity index (χ0n) is 15.4. The fraction of sp³-hybridized carbons (Fsp3) is 0.600. The van der Waals surface area contributed by atoms with Gasteiger partial charge in [0.1, 0.15) is 5.82 Å². The Morgan fingerprint density at radius 3 is 2.38 bits per heavy atom. The molecule has 2 aromatic rings. The number of aromatic nitrogens is 3. The van der Waals surface area contributed by atoms with Gasteiger partial charge in [-0.3, -0.25) is 9.47 Å². The van der Waals surface area contributed by atoms with Gasteiger partial charge in [0.25, 0.3) is 0 Å². The third-order valence-corrected chi connectivity index (χ3v) is 6.20. The Balaban J connectivity index is 1.44. The molecule has 1 aromatic heterocycles. The van der Waals surface area contributed by atoms with Gasteiger partial charge >= 0.3 is 5.69 Å². The lowest BCUT2D eigenvalue weighted by atomic mass is 9.95. The molecular formula is C20H27ClN4O. The van der Waals surface area contributed by atoms with Gasteiger partial charge in [-0.2, -0.15) is 5.10 Å². The van der Waals surface area contributed by atoms with Crippen LogP contribution in [0.2, 0.25) is 5.02 Å². The number of hydrogen-bond donors (Lipinski definition) is 0. The number of aryl methyl sites for hydroxylation is 1. The standard InChI is InChI=1S/C20H27ClN4O/c1-23-20(26)25(18-4-2-3-5-18)19(22-23)16-10-12-24(13-11-16)14-15-6-8-17(21)9-7-15/h6-9,16,18H,2-5,10-14H2,1H3. The molecular weight excluding hydrogens is 348 g/mol. The summed E-state index contributed by atoms with van der Waals surface area (Å²) in [5.74, 6) is 1.42. The van der Waals surface area contributed by atoms with Crippen molar-refractivity contribution in [1.29, 1.82) is 0 Å². The summed E-state index contributed by atoms with van der Waals surface area (Å²) >= 11 is 5.97. The van der Waals surface area contributed by atoms with E-state index in [2.05, 4.69) is 22.1 Å². The van der Waals surface area contributed by atoms with E-state index in [1.165, 1.54) is 23.1 Å². The second kappa shape index (κ2) is 7.57. The number of piperidine rings is 1. The summed E-state index contributed by atoms with van der Waals surface area (Å²) in [5, 5.41) is 5.42. The molecule has 2 fully saturated rings. The Morgan fingerprint density at radius 2 is 1.73 bits per heavy atom. The van der Waals surface area contributed by atoms with Crippen molar-refractivity contribution in [2.24, 2.45) is 7.05 Å². The summed E-state index contributed by atoms with van der Waals surface area (Å²) in [6, 6.07) is 8.48. The summed E-state index contributed by atoms with van der Waals surface area (Å²) in [4.78, 5) is 15.1. The zero-order chi connectivity index (χ0) is 18.1. The number of hydrogen-bond acceptors (Lipinski definition) is 3. The maximum Gasteiger partial charge on any atom is 0.345 e. The minimum Gasteiger partial charge on any atom is -0.299 e. The fourth-order valence-electron chi connectivity index (χ4n) is 4.48. The predicted octanol–water partition coefficient (Wildman–Crippen LogP) is 3.73. The van der Waals surface area contributed by atoms with E-state index in [1.54, 1.807) is 7.05 Å². The Hall–Kier alpha value is -1.59. The molecule has 1 saturated heterocycles. The SMILES string of the molecule is Cn1nc(C2CCN(Cc3ccc(Cl)cc3)CC2)n(C2CCCC2)c1=O. The van der Waals surface area contributed by atoms with Crippen molar-refractivity contribution >= 4 is 11.6 Å². The molecule has 2 aliphatic rings. The number of likely N-dealkylation sites (tertiary alicyclic amines) is 1. The molecule has 4 rings (SSSR count). The highest BCUT2D eigenvalue weighted by Crippen LogP contribution is 2.33. The minimum absolute atomic E-state index is 0.0653. The Morgan fingerprint density at radius 1 is 1.08 bits per heavy atom. The van der Waals surface area contributed by atoms with E-state index in [1.807, 2.05) is 16.7 Å². The van der Waals surface area contributed by atoms with Gasteiger partial charge in [-0.15, -0.1) is 0 Å². The molecule has 0 N–H and O–H groups in total. The van der Waals surface area contributed by atoms with E-state index in [0.29, 0.717) is 12.0 Å². The van der Waals surface area contributed by atoms with Gasteiger partial charge in [-0.25, -0.2) is 9.48 Å². The zero-order valence-corrected chi connectivity index (χ0v) is 16.2. The van der Waals surface area contributed by atoms with Gasteiger partial charge in [0.2, 0.25) is 0 Å². The Labute approximate surface area is 159 Å². The van der Waals surface area contributed by atoms with Crippen LogP contribution >= 0.6 is 11.6 Å². The average Bonchev–Trinajstić information content (AvgIpc) is 3.26. The van der Waals surface area contributed by atoms with Crippen LogP contribution < -0.4 is 5.69 Å². The molecule has 26 heavy (non-hydrogen) atoms. The smallest absolute Gasteiger partial charge is 0.299 e. The first kappa shape index (κ1) is 17.8. The van der Waals surface area contributed by atoms with Crippen molar-refractivity contribution in [3.63, 3.8) is 0 Å². The minimum atomic E-state index is 0.0653. The van der Waals surface area contributed by atoms with Gasteiger partial charge in [0, 0.05) is 30.6 Å². The second-order valence-corrected chi connectivity index (χ2v) is 8.19. The highest BCUT2D eigenvalue weighted by molar-refractivity contribution is 6.30. The van der Waals surface area contributed by atoms with E-state index in [9.17, 15) is 4.79 Å². The van der Waals surface area contributed by atoms with E-state index < -0.39 is 0 Å². The lowest BCUT2D eigenvalue weighted by molar-refractivity contribution is 0.198. The van der Waals surface area contributed by atoms with E-state index in [4.69, 9.17) is 11.6 Å². The monoisotopic (exact) mass is 374 g/mol. The first-order valence-electron chi connectivity index (χ1n) is 9.74. The lowest BCUT2D eigenvalue weighted by Crippen LogP contribution is -2.34. The molecule has 0 amide bonds. The van der Waals surface area contributed by atoms with Crippen LogP contribution in [0.25, 0.3) is 0 Å². The molecule has 0 radical (unpaired) electrons. The third-order valence-electron chi connectivity index (χ3n) is 5.94. The number of halogens is 1. The lowest BCUT2D eigenvalue weighted by Gasteiger charge is -2.32. The van der Waals surface area contributed by atoms with Crippen molar-refractivity contribution in [1.82, 2.24) is 19.2 Å². The van der Waals surface area contributed by atoms with Crippen LogP contribution in [-0.4, -0.2) is 32.3 Å². The molecule has 140 valence electrons. The van der Waals surface area contributed by atoms with E-state index >= 15 is 0 Å². The molecule has 0 atom stereocenters. The van der Waals surface area contributed by atoms with Gasteiger partial charge in [-0.05, 0) is 56.5 Å². The first-order valence-corrected chi connectivity index (χ1v) is 10.1. The Kier molecular flexibility index (Phi) is 5.18. The molecule has 5 nitrogen and oxygen atoms in total. The van der Waals surface area contributed by atoms with Crippen LogP contribution in [0.5, 0.6) is 0 Å². The van der Waals surface area contributed by atoms with Gasteiger partial charge in [-0.1, -0.05) is 36.6 Å². The highest BCUT2D eigenvalue weighted by Gasteiger charge is 2.30. The molecule has 1 aliphatic heterocycles. The van der Waals surface area contributed by atoms with E-state index in [0.717, 1.165) is 56.2 Å². The van der Waals surface area contributed by atoms with Crippen LogP contribution in [0.15, 0.2) is 29.1 Å². The van der Waals surface area contributed by atoms with Crippen LogP contribution in [0, 0.1) is 0 Å². The molecule has 0 unspecified atom stereocenters. The highest BCUT2D eigenvalue weighted by atomic mass is 35.5. The molecule has 1 aromatic carbocycles. The van der Waals surface area contributed by atoms with Crippen LogP contribution in [-0.2, 0) is 13.6 Å². The van der Waals surface area contributed by atoms with Gasteiger partial charge in [0.05, 0.1) is 0 Å². The second-order valence-electron chi connectivity index (χ2n) is 7.75. The largest absolute Gasteiger partial charge is 0.345 e. The quantitative estimate of drug-likeness (QED) is 0.818. The van der Waals surface area contributed by atoms with Gasteiger partial charge < -0.3 is 0 Å². The number of rotatable bonds is 4. The van der Waals surface area contributed by atoms with Crippen LogP contribution in [0.4, 0.5) is 0 Å². The predicted molar refractivity (Wildman–Crippen MR) is 104 cm³/mol. The van der Waals surface area contributed by atoms with Crippen molar-refractivity contribution in [2.45, 2.75) is 57.0 Å². The van der Waals surface area contributed by atoms with Crippen LogP contribution in [0.1, 0.15) is 61.9 Å². The van der Waals surface area contributed by atoms with E-state index in [-0.39, 0.29) is 5.69 Å². The normalized spacial score (nSPS) is 20.1. The summed E-state index contributed by atoms with van der Waals surface area (Å²) in [5.41, 5.74) is 1.36. The van der Waals surface area contributed by atoms with Crippen LogP contribution in [0.3, 0.4) is 0 Å². The van der Waals surface area contributed by atoms with Crippen molar-refractivity contribution in [2.75, 3.05) is 13.1 Å². The van der Waals surface area contributed by atoms with Crippen molar-refractivity contribution in [3.8, 4) is 0 Å². The summed E-state index contributed by atoms with van der Waals surface area (Å²) in [6.07, 6.45) is 6.82. The third kappa shape index (κ3) is 3.60. The molecule has 1 saturated carbocycles. The van der Waals surface area contributed by atoms with Gasteiger partial charge in [0.15, 0.2) is 0 Å². The fourth-order valence-corrected chi connectivity index (χ4v) is 4.61. The Bertz CT molecular complexity index is 796. The molecule has 0 bridgehead atoms. The summed E-state index contributed by atoms with van der Waals surface area (Å²) in [6.45, 7) is 3.05. The average molecular weight is 375 g/mol. The molecule has 2 heterocycles. The first-order chi connectivity index (χ1) is 12.6. The summed E-state index contributed by atoms with van der Waals surface area (Å²) < 4.78 is 3.56. The number of nitrogens with zero attached hydrogens (tertiary/aromatic N) is 4. The van der Waals surface area contributed by atoms with Crippen molar-refractivity contribution < 1.29 is 0 Å². The molecule has 6 heteroatoms. The topological polar surface area (TPSA) is 43.1 Å². The van der Waals surface area contributed by atoms with Crippen molar-refractivity contribution in [3.05, 3.63) is 51.2 Å². The molecule has 1 aliphatic carbocycles.